The highest BCUT2D eigenvalue weighted by atomic mass is 127. The number of nitrogens with zero attached hydrogens (tertiary/aromatic N) is 5. The van der Waals surface area contributed by atoms with E-state index in [1.54, 1.807) is 17.9 Å². The van der Waals surface area contributed by atoms with Crippen LogP contribution < -0.4 is 9.64 Å². The average Bonchev–Trinajstić information content (AvgIpc) is 3.09. The quantitative estimate of drug-likeness (QED) is 0.289. The Kier molecular flexibility index (Phi) is 7.13. The van der Waals surface area contributed by atoms with E-state index in [2.05, 4.69) is 57.3 Å². The summed E-state index contributed by atoms with van der Waals surface area (Å²) in [4.78, 5) is 23.1. The van der Waals surface area contributed by atoms with Gasteiger partial charge in [-0.2, -0.15) is 15.1 Å². The topological polar surface area (TPSA) is 82.4 Å². The van der Waals surface area contributed by atoms with Crippen LogP contribution in [0, 0.1) is 3.57 Å². The minimum atomic E-state index is -1.29. The van der Waals surface area contributed by atoms with Crippen LogP contribution in [0.5, 0.6) is 5.88 Å². The molecule has 0 N–H and O–H groups in total. The lowest BCUT2D eigenvalue weighted by Gasteiger charge is -2.24. The molecule has 0 atom stereocenters. The fourth-order valence-electron chi connectivity index (χ4n) is 2.77. The largest absolute Gasteiger partial charge is 0.477 e. The van der Waals surface area contributed by atoms with Gasteiger partial charge in [-0.25, -0.2) is 14.4 Å². The summed E-state index contributed by atoms with van der Waals surface area (Å²) in [6.45, 7) is 12.9. The Balaban J connectivity index is 2.05. The first-order chi connectivity index (χ1) is 14.8. The average molecular weight is 568 g/mol. The Bertz CT molecular complexity index is 1100. The zero-order valence-electron chi connectivity index (χ0n) is 19.6. The van der Waals surface area contributed by atoms with Crippen LogP contribution in [0.3, 0.4) is 0 Å². The van der Waals surface area contributed by atoms with Gasteiger partial charge >= 0.3 is 6.09 Å². The van der Waals surface area contributed by atoms with Crippen molar-refractivity contribution in [2.75, 3.05) is 18.6 Å². The van der Waals surface area contributed by atoms with Crippen LogP contribution in [-0.2, 0) is 4.74 Å². The van der Waals surface area contributed by atoms with E-state index in [9.17, 15) is 4.79 Å². The number of halogens is 1. The number of hydrogen-bond donors (Lipinski definition) is 0. The molecule has 0 unspecified atom stereocenters. The summed E-state index contributed by atoms with van der Waals surface area (Å²) in [5.74, 6) is 0.609. The summed E-state index contributed by atoms with van der Waals surface area (Å²) >= 11 is 2.26. The van der Waals surface area contributed by atoms with E-state index in [1.165, 1.54) is 4.90 Å². The van der Waals surface area contributed by atoms with Gasteiger partial charge in [0.1, 0.15) is 11.0 Å². The zero-order valence-corrected chi connectivity index (χ0v) is 22.8. The maximum absolute atomic E-state index is 12.6. The molecule has 0 fully saturated rings. The van der Waals surface area contributed by atoms with Crippen LogP contribution >= 0.6 is 22.6 Å². The molecule has 0 aliphatic heterocycles. The molecule has 1 amide bonds. The van der Waals surface area contributed by atoms with Gasteiger partial charge in [-0.1, -0.05) is 19.6 Å². The number of benzene rings is 1. The van der Waals surface area contributed by atoms with Crippen LogP contribution in [0.2, 0.25) is 25.7 Å². The van der Waals surface area contributed by atoms with Crippen molar-refractivity contribution in [1.29, 1.82) is 0 Å². The smallest absolute Gasteiger partial charge is 0.416 e. The van der Waals surface area contributed by atoms with E-state index >= 15 is 0 Å². The van der Waals surface area contributed by atoms with E-state index in [-0.39, 0.29) is 5.95 Å². The van der Waals surface area contributed by atoms with Gasteiger partial charge in [-0.15, -0.1) is 0 Å². The van der Waals surface area contributed by atoms with Crippen molar-refractivity contribution in [1.82, 2.24) is 19.7 Å². The van der Waals surface area contributed by atoms with E-state index in [4.69, 9.17) is 9.47 Å². The fourth-order valence-corrected chi connectivity index (χ4v) is 3.84. The Morgan fingerprint density at radius 1 is 1.16 bits per heavy atom. The third-order valence-electron chi connectivity index (χ3n) is 4.51. The standard InChI is InChI=1S/C22H30IN5O3Si/c1-22(2,3)31-21(29)27(4)20-25-18-17(19(26-20)30-12-13-32(5,6)7)14-24-28(18)16-10-8-15(23)9-11-16/h8-11,14H,12-13H2,1-7H3. The maximum Gasteiger partial charge on any atom is 0.416 e. The van der Waals surface area contributed by atoms with Crippen LogP contribution in [0.4, 0.5) is 10.7 Å². The molecule has 10 heteroatoms. The number of anilines is 1. The summed E-state index contributed by atoms with van der Waals surface area (Å²) in [6, 6.07) is 8.94. The molecule has 0 aliphatic rings. The predicted octanol–water partition coefficient (Wildman–Crippen LogP) is 5.51. The molecule has 0 radical (unpaired) electrons. The summed E-state index contributed by atoms with van der Waals surface area (Å²) < 4.78 is 14.4. The molecule has 1 aromatic carbocycles. The summed E-state index contributed by atoms with van der Waals surface area (Å²) in [5.41, 5.74) is 0.794. The van der Waals surface area contributed by atoms with Gasteiger partial charge in [-0.3, -0.25) is 0 Å². The minimum Gasteiger partial charge on any atom is -0.477 e. The van der Waals surface area contributed by atoms with E-state index in [0.717, 1.165) is 15.3 Å². The molecule has 0 aliphatic carbocycles. The molecule has 3 rings (SSSR count). The second-order valence-electron chi connectivity index (χ2n) is 9.80. The third kappa shape index (κ3) is 6.18. The zero-order chi connectivity index (χ0) is 23.7. The molecule has 0 spiro atoms. The molecular formula is C22H30IN5O3Si. The van der Waals surface area contributed by atoms with Crippen molar-refractivity contribution in [2.45, 2.75) is 52.1 Å². The number of ether oxygens (including phenoxy) is 2. The minimum absolute atomic E-state index is 0.196. The number of fused-ring (bicyclic) bond motifs is 1. The molecule has 32 heavy (non-hydrogen) atoms. The van der Waals surface area contributed by atoms with Crippen molar-refractivity contribution in [3.05, 3.63) is 34.0 Å². The molecular weight excluding hydrogens is 537 g/mol. The van der Waals surface area contributed by atoms with Gasteiger partial charge in [0.15, 0.2) is 5.65 Å². The van der Waals surface area contributed by atoms with Gasteiger partial charge in [0.05, 0.1) is 18.5 Å². The number of carbonyl (C=O) groups is 1. The maximum atomic E-state index is 12.6. The first kappa shape index (κ1) is 24.4. The van der Waals surface area contributed by atoms with Crippen LogP contribution in [-0.4, -0.2) is 53.2 Å². The Hall–Kier alpha value is -2.21. The van der Waals surface area contributed by atoms with Crippen LogP contribution in [0.1, 0.15) is 20.8 Å². The van der Waals surface area contributed by atoms with E-state index in [1.807, 2.05) is 45.0 Å². The summed E-state index contributed by atoms with van der Waals surface area (Å²) in [6.07, 6.45) is 1.17. The first-order valence-electron chi connectivity index (χ1n) is 10.5. The summed E-state index contributed by atoms with van der Waals surface area (Å²) in [5, 5.41) is 5.22. The van der Waals surface area contributed by atoms with Gasteiger partial charge in [0.2, 0.25) is 11.8 Å². The Morgan fingerprint density at radius 3 is 2.41 bits per heavy atom. The molecule has 2 aromatic heterocycles. The van der Waals surface area contributed by atoms with Crippen molar-refractivity contribution < 1.29 is 14.3 Å². The number of aromatic nitrogens is 4. The molecule has 2 heterocycles. The highest BCUT2D eigenvalue weighted by molar-refractivity contribution is 14.1. The second-order valence-corrected chi connectivity index (χ2v) is 16.7. The van der Waals surface area contributed by atoms with E-state index in [0.29, 0.717) is 23.5 Å². The van der Waals surface area contributed by atoms with Crippen molar-refractivity contribution in [2.24, 2.45) is 0 Å². The highest BCUT2D eigenvalue weighted by Crippen LogP contribution is 2.28. The highest BCUT2D eigenvalue weighted by Gasteiger charge is 2.25. The number of rotatable bonds is 6. The number of amides is 1. The lowest BCUT2D eigenvalue weighted by atomic mass is 10.2. The molecule has 0 bridgehead atoms. The van der Waals surface area contributed by atoms with Crippen molar-refractivity contribution in [3.8, 4) is 11.6 Å². The second kappa shape index (κ2) is 9.34. The van der Waals surface area contributed by atoms with Gasteiger partial charge in [0.25, 0.3) is 0 Å². The van der Waals surface area contributed by atoms with Crippen LogP contribution in [0.25, 0.3) is 16.7 Å². The SMILES string of the molecule is CN(C(=O)OC(C)(C)C)c1nc(OCC[Si](C)(C)C)c2cnn(-c3ccc(I)cc3)c2n1. The Morgan fingerprint density at radius 2 is 1.81 bits per heavy atom. The van der Waals surface area contributed by atoms with Crippen molar-refractivity contribution in [3.63, 3.8) is 0 Å². The molecule has 8 nitrogen and oxygen atoms in total. The number of carbonyl (C=O) groups excluding carboxylic acids is 1. The van der Waals surface area contributed by atoms with Gasteiger partial charge in [-0.05, 0) is 73.7 Å². The van der Waals surface area contributed by atoms with Crippen molar-refractivity contribution >= 4 is 53.7 Å². The van der Waals surface area contributed by atoms with Gasteiger partial charge < -0.3 is 9.47 Å². The first-order valence-corrected chi connectivity index (χ1v) is 15.2. The summed E-state index contributed by atoms with van der Waals surface area (Å²) in [7, 11) is 0.304. The fraction of sp³-hybridized carbons (Fsp3) is 0.455. The van der Waals surface area contributed by atoms with Gasteiger partial charge in [0, 0.05) is 18.7 Å². The third-order valence-corrected chi connectivity index (χ3v) is 6.93. The molecule has 172 valence electrons. The molecule has 0 saturated heterocycles. The lowest BCUT2D eigenvalue weighted by molar-refractivity contribution is 0.0587. The van der Waals surface area contributed by atoms with E-state index < -0.39 is 19.8 Å². The Labute approximate surface area is 203 Å². The predicted molar refractivity (Wildman–Crippen MR) is 138 cm³/mol. The normalized spacial score (nSPS) is 12.1. The molecule has 3 aromatic rings. The van der Waals surface area contributed by atoms with Crippen LogP contribution in [0.15, 0.2) is 30.5 Å². The lowest BCUT2D eigenvalue weighted by Crippen LogP contribution is -2.35. The number of hydrogen-bond acceptors (Lipinski definition) is 6. The monoisotopic (exact) mass is 567 g/mol. The molecule has 0 saturated carbocycles.